The first-order valence-corrected chi connectivity index (χ1v) is 11.0. The van der Waals surface area contributed by atoms with E-state index in [2.05, 4.69) is 0 Å². The first kappa shape index (κ1) is 23.2. The number of halogens is 2. The minimum Gasteiger partial charge on any atom is -0.508 e. The molecule has 0 spiro atoms. The third-order valence-electron chi connectivity index (χ3n) is 6.07. The molecule has 34 heavy (non-hydrogen) atoms. The molecule has 2 unspecified atom stereocenters. The second kappa shape index (κ2) is 10.3. The van der Waals surface area contributed by atoms with Crippen molar-refractivity contribution in [2.45, 2.75) is 24.7 Å². The fourth-order valence-electron chi connectivity index (χ4n) is 4.30. The zero-order valence-corrected chi connectivity index (χ0v) is 18.4. The Kier molecular flexibility index (Phi) is 7.02. The fourth-order valence-corrected chi connectivity index (χ4v) is 4.30. The molecule has 2 N–H and O–H groups in total. The van der Waals surface area contributed by atoms with Gasteiger partial charge in [-0.1, -0.05) is 72.8 Å². The summed E-state index contributed by atoms with van der Waals surface area (Å²) in [7, 11) is 0. The number of rotatable bonds is 8. The van der Waals surface area contributed by atoms with E-state index in [-0.39, 0.29) is 30.1 Å². The zero-order chi connectivity index (χ0) is 24.1. The van der Waals surface area contributed by atoms with E-state index in [4.69, 9.17) is 0 Å². The van der Waals surface area contributed by atoms with Crippen molar-refractivity contribution in [1.29, 1.82) is 0 Å². The van der Waals surface area contributed by atoms with Gasteiger partial charge in [0, 0.05) is 11.1 Å². The number of ketones is 1. The average molecular weight is 459 g/mol. The number of carbonyl (C=O) groups excluding carboxylic acids is 1. The van der Waals surface area contributed by atoms with Gasteiger partial charge in [0.05, 0.1) is 11.8 Å². The van der Waals surface area contributed by atoms with Crippen LogP contribution in [0.2, 0.25) is 0 Å². The standard InChI is InChI=1S/C29H24F2O3/c30-25-13-5-1-9-19(25)17-23(21-11-3-7-15-27(21)32)29(34)24(22-12-4-8-16-28(22)33)18-20-10-2-6-14-26(20)31/h1-16,23-24,32-33H,17-18H2. The van der Waals surface area contributed by atoms with Crippen LogP contribution in [0.1, 0.15) is 34.1 Å². The van der Waals surface area contributed by atoms with Gasteiger partial charge < -0.3 is 10.2 Å². The van der Waals surface area contributed by atoms with Crippen LogP contribution in [0.15, 0.2) is 97.1 Å². The molecule has 0 aliphatic heterocycles. The molecule has 172 valence electrons. The van der Waals surface area contributed by atoms with E-state index in [0.717, 1.165) is 0 Å². The predicted molar refractivity (Wildman–Crippen MR) is 127 cm³/mol. The number of para-hydroxylation sites is 2. The molecule has 0 aromatic heterocycles. The highest BCUT2D eigenvalue weighted by Crippen LogP contribution is 2.38. The molecule has 0 heterocycles. The summed E-state index contributed by atoms with van der Waals surface area (Å²) in [5.41, 5.74) is 1.35. The van der Waals surface area contributed by atoms with Crippen LogP contribution >= 0.6 is 0 Å². The van der Waals surface area contributed by atoms with Gasteiger partial charge in [-0.25, -0.2) is 8.78 Å². The molecule has 0 saturated heterocycles. The van der Waals surface area contributed by atoms with Crippen molar-refractivity contribution in [3.05, 3.63) is 131 Å². The largest absolute Gasteiger partial charge is 0.508 e. The average Bonchev–Trinajstić information content (AvgIpc) is 2.84. The van der Waals surface area contributed by atoms with E-state index >= 15 is 0 Å². The molecule has 0 saturated carbocycles. The van der Waals surface area contributed by atoms with Crippen molar-refractivity contribution in [3.63, 3.8) is 0 Å². The lowest BCUT2D eigenvalue weighted by Crippen LogP contribution is -2.25. The molecule has 0 aliphatic rings. The van der Waals surface area contributed by atoms with Crippen LogP contribution < -0.4 is 0 Å². The number of Topliss-reactive ketones (excluding diaryl/α,β-unsaturated/α-hetero) is 1. The summed E-state index contributed by atoms with van der Waals surface area (Å²) in [6.45, 7) is 0. The number of carbonyl (C=O) groups is 1. The Hall–Kier alpha value is -3.99. The van der Waals surface area contributed by atoms with Crippen molar-refractivity contribution < 1.29 is 23.8 Å². The van der Waals surface area contributed by atoms with Crippen molar-refractivity contribution in [3.8, 4) is 11.5 Å². The van der Waals surface area contributed by atoms with E-state index in [1.165, 1.54) is 24.3 Å². The summed E-state index contributed by atoms with van der Waals surface area (Å²) < 4.78 is 29.1. The van der Waals surface area contributed by atoms with Crippen molar-refractivity contribution in [1.82, 2.24) is 0 Å². The topological polar surface area (TPSA) is 57.5 Å². The molecule has 0 radical (unpaired) electrons. The lowest BCUT2D eigenvalue weighted by Gasteiger charge is -2.25. The van der Waals surface area contributed by atoms with E-state index in [9.17, 15) is 23.8 Å². The highest BCUT2D eigenvalue weighted by molar-refractivity contribution is 5.93. The van der Waals surface area contributed by atoms with Gasteiger partial charge in [0.15, 0.2) is 0 Å². The van der Waals surface area contributed by atoms with Crippen LogP contribution in [0, 0.1) is 11.6 Å². The quantitative estimate of drug-likeness (QED) is 0.326. The van der Waals surface area contributed by atoms with Crippen molar-refractivity contribution in [2.24, 2.45) is 0 Å². The summed E-state index contributed by atoms with van der Waals surface area (Å²) in [6.07, 6.45) is 0.00882. The molecular weight excluding hydrogens is 434 g/mol. The summed E-state index contributed by atoms with van der Waals surface area (Å²) in [4.78, 5) is 14.1. The number of benzene rings is 4. The number of hydrogen-bond acceptors (Lipinski definition) is 3. The highest BCUT2D eigenvalue weighted by atomic mass is 19.1. The van der Waals surface area contributed by atoms with Gasteiger partial charge in [-0.3, -0.25) is 4.79 Å². The molecule has 0 fully saturated rings. The highest BCUT2D eigenvalue weighted by Gasteiger charge is 2.33. The predicted octanol–water partition coefficient (Wildman–Crippen LogP) is 6.30. The summed E-state index contributed by atoms with van der Waals surface area (Å²) in [5.74, 6) is -3.27. The maximum atomic E-state index is 14.6. The Morgan fingerprint density at radius 1 is 0.588 bits per heavy atom. The van der Waals surface area contributed by atoms with Gasteiger partial charge >= 0.3 is 0 Å². The zero-order valence-electron chi connectivity index (χ0n) is 18.4. The van der Waals surface area contributed by atoms with E-state index < -0.39 is 23.5 Å². The van der Waals surface area contributed by atoms with Gasteiger partial charge in [0.25, 0.3) is 0 Å². The molecule has 0 bridgehead atoms. The molecule has 0 aliphatic carbocycles. The van der Waals surface area contributed by atoms with Crippen LogP contribution in [0.25, 0.3) is 0 Å². The first-order chi connectivity index (χ1) is 16.5. The molecule has 4 rings (SSSR count). The maximum Gasteiger partial charge on any atom is 0.148 e. The molecule has 5 heteroatoms. The molecule has 0 amide bonds. The van der Waals surface area contributed by atoms with E-state index in [0.29, 0.717) is 22.3 Å². The molecule has 4 aromatic rings. The maximum absolute atomic E-state index is 14.6. The third-order valence-corrected chi connectivity index (χ3v) is 6.07. The van der Waals surface area contributed by atoms with Gasteiger partial charge in [0.1, 0.15) is 28.9 Å². The van der Waals surface area contributed by atoms with Gasteiger partial charge in [0.2, 0.25) is 0 Å². The van der Waals surface area contributed by atoms with Crippen LogP contribution in [0.3, 0.4) is 0 Å². The monoisotopic (exact) mass is 458 g/mol. The smallest absolute Gasteiger partial charge is 0.148 e. The van der Waals surface area contributed by atoms with E-state index in [1.54, 1.807) is 72.8 Å². The second-order valence-corrected chi connectivity index (χ2v) is 8.22. The summed E-state index contributed by atoms with van der Waals surface area (Å²) in [6, 6.07) is 25.2. The normalized spacial score (nSPS) is 12.8. The van der Waals surface area contributed by atoms with Gasteiger partial charge in [-0.2, -0.15) is 0 Å². The SMILES string of the molecule is O=C(C(Cc1ccccc1F)c1ccccc1O)C(Cc1ccccc1F)c1ccccc1O. The Morgan fingerprint density at radius 3 is 1.32 bits per heavy atom. The minimum atomic E-state index is -0.922. The van der Waals surface area contributed by atoms with Crippen LogP contribution in [-0.4, -0.2) is 16.0 Å². The fraction of sp³-hybridized carbons (Fsp3) is 0.138. The number of phenolic OH excluding ortho intramolecular Hbond substituents is 2. The molecule has 4 aromatic carbocycles. The van der Waals surface area contributed by atoms with Gasteiger partial charge in [-0.15, -0.1) is 0 Å². The van der Waals surface area contributed by atoms with Gasteiger partial charge in [-0.05, 0) is 48.2 Å². The Morgan fingerprint density at radius 2 is 0.941 bits per heavy atom. The second-order valence-electron chi connectivity index (χ2n) is 8.22. The minimum absolute atomic E-state index is 0.00441. The molecule has 3 nitrogen and oxygen atoms in total. The number of aromatic hydroxyl groups is 2. The first-order valence-electron chi connectivity index (χ1n) is 11.0. The third kappa shape index (κ3) is 4.99. The van der Waals surface area contributed by atoms with Crippen molar-refractivity contribution >= 4 is 5.78 Å². The van der Waals surface area contributed by atoms with Crippen LogP contribution in [0.4, 0.5) is 8.78 Å². The summed E-state index contributed by atoms with van der Waals surface area (Å²) >= 11 is 0. The van der Waals surface area contributed by atoms with Crippen LogP contribution in [0.5, 0.6) is 11.5 Å². The number of hydrogen-bond donors (Lipinski definition) is 2. The molecule has 2 atom stereocenters. The lowest BCUT2D eigenvalue weighted by atomic mass is 9.77. The Labute approximate surface area is 197 Å². The Balaban J connectivity index is 1.82. The van der Waals surface area contributed by atoms with Crippen LogP contribution in [-0.2, 0) is 17.6 Å². The Bertz CT molecular complexity index is 1200. The lowest BCUT2D eigenvalue weighted by molar-refractivity contribution is -0.122. The van der Waals surface area contributed by atoms with Crippen molar-refractivity contribution in [2.75, 3.05) is 0 Å². The van der Waals surface area contributed by atoms with E-state index in [1.807, 2.05) is 0 Å². The molecular formula is C29H24F2O3. The number of phenols is 2. The summed E-state index contributed by atoms with van der Waals surface area (Å²) in [5, 5.41) is 21.1.